The number of halogens is 2. The van der Waals surface area contributed by atoms with Crippen LogP contribution in [-0.2, 0) is 7.05 Å². The van der Waals surface area contributed by atoms with Crippen molar-refractivity contribution in [1.82, 2.24) is 14.8 Å². The molecule has 3 rings (SSSR count). The van der Waals surface area contributed by atoms with Crippen LogP contribution in [0, 0.1) is 18.6 Å². The Bertz CT molecular complexity index is 809. The summed E-state index contributed by atoms with van der Waals surface area (Å²) in [6, 6.07) is 6.35. The minimum atomic E-state index is -0.411. The van der Waals surface area contributed by atoms with Crippen molar-refractivity contribution in [1.29, 1.82) is 0 Å². The average Bonchev–Trinajstić information content (AvgIpc) is 2.84. The Morgan fingerprint density at radius 1 is 1.05 bits per heavy atom. The third-order valence-corrected chi connectivity index (χ3v) is 3.32. The van der Waals surface area contributed by atoms with Crippen LogP contribution in [0.3, 0.4) is 0 Å². The maximum Gasteiger partial charge on any atom is 0.149 e. The zero-order valence-electron chi connectivity index (χ0n) is 11.6. The predicted octanol–water partition coefficient (Wildman–Crippen LogP) is 3.74. The molecule has 0 fully saturated rings. The first-order chi connectivity index (χ1) is 10.1. The van der Waals surface area contributed by atoms with Gasteiger partial charge in [0.2, 0.25) is 0 Å². The zero-order chi connectivity index (χ0) is 15.0. The molecule has 3 nitrogen and oxygen atoms in total. The Balaban J connectivity index is 2.20. The van der Waals surface area contributed by atoms with Gasteiger partial charge < -0.3 is 0 Å². The molecular formula is C16H13F2N3. The Morgan fingerprint density at radius 3 is 2.57 bits per heavy atom. The SMILES string of the molecule is Cc1cc(-c2nn(C)cc2-c2ccncc2F)ccc1F. The molecule has 0 aliphatic carbocycles. The fraction of sp³-hybridized carbons (Fsp3) is 0.125. The largest absolute Gasteiger partial charge is 0.275 e. The van der Waals surface area contributed by atoms with E-state index in [0.717, 1.165) is 5.56 Å². The second kappa shape index (κ2) is 5.09. The first-order valence-corrected chi connectivity index (χ1v) is 6.46. The number of aromatic nitrogens is 3. The van der Waals surface area contributed by atoms with Crippen LogP contribution in [0.5, 0.6) is 0 Å². The maximum absolute atomic E-state index is 14.0. The highest BCUT2D eigenvalue weighted by molar-refractivity contribution is 5.80. The first-order valence-electron chi connectivity index (χ1n) is 6.46. The summed E-state index contributed by atoms with van der Waals surface area (Å²) in [5.41, 5.74) is 2.98. The van der Waals surface area contributed by atoms with Crippen LogP contribution < -0.4 is 0 Å². The third-order valence-electron chi connectivity index (χ3n) is 3.32. The first kappa shape index (κ1) is 13.4. The number of nitrogens with zero attached hydrogens (tertiary/aromatic N) is 3. The lowest BCUT2D eigenvalue weighted by Gasteiger charge is -2.05. The molecule has 0 atom stereocenters. The second-order valence-electron chi connectivity index (χ2n) is 4.88. The second-order valence-corrected chi connectivity index (χ2v) is 4.88. The number of hydrogen-bond acceptors (Lipinski definition) is 2. The normalized spacial score (nSPS) is 10.9. The molecule has 2 aromatic heterocycles. The van der Waals surface area contributed by atoms with Gasteiger partial charge in [-0.3, -0.25) is 9.67 Å². The van der Waals surface area contributed by atoms with Gasteiger partial charge in [0.1, 0.15) is 17.3 Å². The monoisotopic (exact) mass is 285 g/mol. The summed E-state index contributed by atoms with van der Waals surface area (Å²) < 4.78 is 29.0. The van der Waals surface area contributed by atoms with Gasteiger partial charge in [-0.05, 0) is 36.8 Å². The summed E-state index contributed by atoms with van der Waals surface area (Å²) in [6.07, 6.45) is 4.44. The topological polar surface area (TPSA) is 30.7 Å². The van der Waals surface area contributed by atoms with Gasteiger partial charge in [0.15, 0.2) is 0 Å². The number of rotatable bonds is 2. The van der Waals surface area contributed by atoms with Crippen LogP contribution in [0.1, 0.15) is 5.56 Å². The van der Waals surface area contributed by atoms with Crippen molar-refractivity contribution in [2.45, 2.75) is 6.92 Å². The van der Waals surface area contributed by atoms with Crippen molar-refractivity contribution >= 4 is 0 Å². The van der Waals surface area contributed by atoms with Gasteiger partial charge in [-0.1, -0.05) is 0 Å². The minimum Gasteiger partial charge on any atom is -0.275 e. The van der Waals surface area contributed by atoms with Crippen molar-refractivity contribution in [3.63, 3.8) is 0 Å². The van der Waals surface area contributed by atoms with Crippen molar-refractivity contribution in [3.8, 4) is 22.4 Å². The van der Waals surface area contributed by atoms with E-state index >= 15 is 0 Å². The molecule has 2 heterocycles. The number of pyridine rings is 1. The lowest BCUT2D eigenvalue weighted by Crippen LogP contribution is -1.90. The Labute approximate surface area is 120 Å². The molecule has 0 aliphatic rings. The van der Waals surface area contributed by atoms with Crippen LogP contribution in [0.15, 0.2) is 42.9 Å². The van der Waals surface area contributed by atoms with E-state index in [1.165, 1.54) is 18.5 Å². The average molecular weight is 285 g/mol. The summed E-state index contributed by atoms with van der Waals surface area (Å²) in [7, 11) is 1.77. The lowest BCUT2D eigenvalue weighted by molar-refractivity contribution is 0.618. The molecule has 3 aromatic rings. The summed E-state index contributed by atoms with van der Waals surface area (Å²) >= 11 is 0. The molecule has 0 radical (unpaired) electrons. The highest BCUT2D eigenvalue weighted by Gasteiger charge is 2.16. The number of aryl methyl sites for hydroxylation is 2. The quantitative estimate of drug-likeness (QED) is 0.718. The molecule has 0 unspecified atom stereocenters. The molecule has 0 amide bonds. The van der Waals surface area contributed by atoms with Gasteiger partial charge >= 0.3 is 0 Å². The maximum atomic E-state index is 14.0. The fourth-order valence-corrected chi connectivity index (χ4v) is 2.28. The molecule has 0 N–H and O–H groups in total. The molecule has 0 saturated heterocycles. The number of hydrogen-bond donors (Lipinski definition) is 0. The summed E-state index contributed by atoms with van der Waals surface area (Å²) in [6.45, 7) is 1.69. The van der Waals surface area contributed by atoms with Crippen molar-refractivity contribution in [2.24, 2.45) is 7.05 Å². The number of benzene rings is 1. The standard InChI is InChI=1S/C16H13F2N3/c1-10-7-11(3-4-14(10)17)16-13(9-21(2)20-16)12-5-6-19-8-15(12)18/h3-9H,1-2H3. The Morgan fingerprint density at radius 2 is 1.86 bits per heavy atom. The lowest BCUT2D eigenvalue weighted by atomic mass is 10.0. The molecule has 106 valence electrons. The van der Waals surface area contributed by atoms with Crippen molar-refractivity contribution < 1.29 is 8.78 Å². The molecule has 0 saturated carbocycles. The molecule has 21 heavy (non-hydrogen) atoms. The van der Waals surface area contributed by atoms with Gasteiger partial charge in [0.25, 0.3) is 0 Å². The van der Waals surface area contributed by atoms with Crippen LogP contribution in [0.4, 0.5) is 8.78 Å². The van der Waals surface area contributed by atoms with Crippen LogP contribution >= 0.6 is 0 Å². The summed E-state index contributed by atoms with van der Waals surface area (Å²) in [5.74, 6) is -0.683. The van der Waals surface area contributed by atoms with E-state index in [1.54, 1.807) is 43.0 Å². The molecule has 0 spiro atoms. The fourth-order valence-electron chi connectivity index (χ4n) is 2.28. The molecule has 1 aromatic carbocycles. The highest BCUT2D eigenvalue weighted by atomic mass is 19.1. The minimum absolute atomic E-state index is 0.272. The molecule has 0 aliphatic heterocycles. The van der Waals surface area contributed by atoms with Crippen LogP contribution in [0.25, 0.3) is 22.4 Å². The van der Waals surface area contributed by atoms with Gasteiger partial charge in [-0.25, -0.2) is 8.78 Å². The predicted molar refractivity (Wildman–Crippen MR) is 76.5 cm³/mol. The van der Waals surface area contributed by atoms with Gasteiger partial charge in [0, 0.05) is 36.1 Å². The summed E-state index contributed by atoms with van der Waals surface area (Å²) in [4.78, 5) is 3.75. The van der Waals surface area contributed by atoms with Crippen molar-refractivity contribution in [3.05, 3.63) is 60.1 Å². The van der Waals surface area contributed by atoms with E-state index in [0.29, 0.717) is 22.4 Å². The van der Waals surface area contributed by atoms with Gasteiger partial charge in [0.05, 0.1) is 6.20 Å². The molecule has 5 heteroatoms. The van der Waals surface area contributed by atoms with Crippen molar-refractivity contribution in [2.75, 3.05) is 0 Å². The smallest absolute Gasteiger partial charge is 0.149 e. The van der Waals surface area contributed by atoms with Crippen LogP contribution in [0.2, 0.25) is 0 Å². The van der Waals surface area contributed by atoms with Crippen LogP contribution in [-0.4, -0.2) is 14.8 Å². The third kappa shape index (κ3) is 2.42. The zero-order valence-corrected chi connectivity index (χ0v) is 11.6. The van der Waals surface area contributed by atoms with Gasteiger partial charge in [-0.2, -0.15) is 5.10 Å². The molecule has 0 bridgehead atoms. The molecular weight excluding hydrogens is 272 g/mol. The highest BCUT2D eigenvalue weighted by Crippen LogP contribution is 2.32. The van der Waals surface area contributed by atoms with E-state index in [-0.39, 0.29) is 5.82 Å². The van der Waals surface area contributed by atoms with Gasteiger partial charge in [-0.15, -0.1) is 0 Å². The Kier molecular flexibility index (Phi) is 3.25. The van der Waals surface area contributed by atoms with E-state index in [9.17, 15) is 8.78 Å². The van der Waals surface area contributed by atoms with E-state index in [2.05, 4.69) is 10.1 Å². The van der Waals surface area contributed by atoms with E-state index in [4.69, 9.17) is 0 Å². The Hall–Kier alpha value is -2.56. The summed E-state index contributed by atoms with van der Waals surface area (Å²) in [5, 5.41) is 4.38. The van der Waals surface area contributed by atoms with E-state index < -0.39 is 5.82 Å². The van der Waals surface area contributed by atoms with E-state index in [1.807, 2.05) is 0 Å².